The van der Waals surface area contributed by atoms with E-state index in [0.717, 1.165) is 4.90 Å². The number of hydrogen-bond donors (Lipinski definition) is 4. The first-order valence-corrected chi connectivity index (χ1v) is 10.6. The van der Waals surface area contributed by atoms with Crippen LogP contribution in [0.3, 0.4) is 0 Å². The number of nitrogens with one attached hydrogen (secondary N) is 4. The molecule has 1 fully saturated rings. The van der Waals surface area contributed by atoms with Gasteiger partial charge >= 0.3 is 0 Å². The van der Waals surface area contributed by atoms with Crippen molar-refractivity contribution < 1.29 is 28.8 Å². The summed E-state index contributed by atoms with van der Waals surface area (Å²) in [5, 5.41) is 10.4. The van der Waals surface area contributed by atoms with Gasteiger partial charge in [-0.25, -0.2) is 0 Å². The predicted molar refractivity (Wildman–Crippen MR) is 120 cm³/mol. The Bertz CT molecular complexity index is 1190. The summed E-state index contributed by atoms with van der Waals surface area (Å²) in [7, 11) is 0. The topological polar surface area (TPSA) is 154 Å². The van der Waals surface area contributed by atoms with Gasteiger partial charge in [-0.3, -0.25) is 39.0 Å². The summed E-state index contributed by atoms with van der Waals surface area (Å²) < 4.78 is 0. The number of piperidine rings is 1. The van der Waals surface area contributed by atoms with Crippen LogP contribution in [0.15, 0.2) is 42.5 Å². The van der Waals surface area contributed by atoms with Crippen molar-refractivity contribution in [1.29, 1.82) is 0 Å². The molecule has 2 heterocycles. The molecule has 2 aromatic rings. The molecule has 6 amide bonds. The minimum Gasteiger partial charge on any atom is -0.383 e. The highest BCUT2D eigenvalue weighted by Crippen LogP contribution is 2.32. The first-order chi connectivity index (χ1) is 16.4. The molecule has 1 unspecified atom stereocenters. The Hall–Kier alpha value is -4.54. The molecular weight excluding hydrogens is 442 g/mol. The van der Waals surface area contributed by atoms with Gasteiger partial charge in [-0.1, -0.05) is 6.07 Å². The molecule has 0 radical (unpaired) electrons. The van der Waals surface area contributed by atoms with Gasteiger partial charge in [0.1, 0.15) is 6.04 Å². The minimum atomic E-state index is -1.04. The smallest absolute Gasteiger partial charge is 0.264 e. The second kappa shape index (κ2) is 9.53. The zero-order valence-corrected chi connectivity index (χ0v) is 17.9. The summed E-state index contributed by atoms with van der Waals surface area (Å²) in [5.74, 6) is -2.61. The summed E-state index contributed by atoms with van der Waals surface area (Å²) in [6, 6.07) is 10.1. The molecular formula is C23H21N5O6. The Balaban J connectivity index is 1.38. The van der Waals surface area contributed by atoms with Crippen LogP contribution in [-0.2, 0) is 14.4 Å². The molecule has 34 heavy (non-hydrogen) atoms. The van der Waals surface area contributed by atoms with E-state index >= 15 is 0 Å². The number of imide groups is 2. The highest BCUT2D eigenvalue weighted by atomic mass is 16.2. The fraction of sp³-hybridized carbons (Fsp3) is 0.217. The number of benzene rings is 2. The van der Waals surface area contributed by atoms with E-state index in [-0.39, 0.29) is 43.0 Å². The van der Waals surface area contributed by atoms with Crippen LogP contribution in [0.2, 0.25) is 0 Å². The van der Waals surface area contributed by atoms with Crippen LogP contribution < -0.4 is 21.3 Å². The molecule has 1 saturated heterocycles. The maximum absolute atomic E-state index is 13.1. The highest BCUT2D eigenvalue weighted by molar-refractivity contribution is 6.25. The summed E-state index contributed by atoms with van der Waals surface area (Å²) in [6.07, 6.45) is 0.672. The lowest BCUT2D eigenvalue weighted by molar-refractivity contribution is -0.136. The number of hydrogen-bond acceptors (Lipinski definition) is 7. The average Bonchev–Trinajstić information content (AvgIpc) is 3.08. The average molecular weight is 463 g/mol. The van der Waals surface area contributed by atoms with E-state index in [1.165, 1.54) is 6.07 Å². The van der Waals surface area contributed by atoms with Crippen LogP contribution in [0.1, 0.15) is 43.9 Å². The Morgan fingerprint density at radius 3 is 2.50 bits per heavy atom. The number of fused-ring (bicyclic) bond motifs is 1. The largest absolute Gasteiger partial charge is 0.383 e. The van der Waals surface area contributed by atoms with Gasteiger partial charge in [0.15, 0.2) is 0 Å². The van der Waals surface area contributed by atoms with Crippen molar-refractivity contribution in [2.75, 3.05) is 23.7 Å². The van der Waals surface area contributed by atoms with Crippen molar-refractivity contribution in [3.63, 3.8) is 0 Å². The molecule has 4 N–H and O–H groups in total. The van der Waals surface area contributed by atoms with Gasteiger partial charge in [-0.05, 0) is 42.8 Å². The first kappa shape index (κ1) is 22.6. The molecule has 0 aliphatic carbocycles. The molecule has 11 nitrogen and oxygen atoms in total. The maximum atomic E-state index is 13.1. The van der Waals surface area contributed by atoms with Gasteiger partial charge in [0.2, 0.25) is 18.2 Å². The molecule has 11 heteroatoms. The highest BCUT2D eigenvalue weighted by Gasteiger charge is 2.45. The number of amides is 6. The van der Waals surface area contributed by atoms with E-state index in [0.29, 0.717) is 23.3 Å². The molecule has 2 aliphatic heterocycles. The van der Waals surface area contributed by atoms with Crippen LogP contribution in [0, 0.1) is 0 Å². The molecule has 0 bridgehead atoms. The van der Waals surface area contributed by atoms with Crippen molar-refractivity contribution in [3.8, 4) is 0 Å². The lowest BCUT2D eigenvalue weighted by Crippen LogP contribution is -2.54. The van der Waals surface area contributed by atoms with Gasteiger partial charge in [-0.2, -0.15) is 0 Å². The summed E-state index contributed by atoms with van der Waals surface area (Å²) in [5.41, 5.74) is 1.72. The van der Waals surface area contributed by atoms with Crippen molar-refractivity contribution in [2.24, 2.45) is 0 Å². The normalized spacial score (nSPS) is 17.2. The maximum Gasteiger partial charge on any atom is 0.264 e. The monoisotopic (exact) mass is 463 g/mol. The van der Waals surface area contributed by atoms with E-state index in [9.17, 15) is 28.8 Å². The SMILES string of the molecule is O=CNc1ccc(C(=O)NCCNc2cccc3c2C(=O)N(C2CCC(=O)NC2=O)C3=O)cc1. The van der Waals surface area contributed by atoms with Crippen molar-refractivity contribution in [1.82, 2.24) is 15.5 Å². The standard InChI is InChI=1S/C23H21N5O6/c29-12-26-14-6-4-13(5-7-14)20(31)25-11-10-24-16-3-1-2-15-19(16)23(34)28(22(15)33)17-8-9-18(30)27-21(17)32/h1-7,12,17,24H,8-11H2,(H,25,31)(H,26,29)(H,27,30,32). The van der Waals surface area contributed by atoms with Crippen molar-refractivity contribution in [3.05, 3.63) is 59.2 Å². The number of carbonyl (C=O) groups excluding carboxylic acids is 6. The second-order valence-corrected chi connectivity index (χ2v) is 7.70. The molecule has 2 aromatic carbocycles. The van der Waals surface area contributed by atoms with Gasteiger partial charge in [0.05, 0.1) is 11.1 Å². The van der Waals surface area contributed by atoms with Crippen LogP contribution in [-0.4, -0.2) is 60.0 Å². The van der Waals surface area contributed by atoms with E-state index in [2.05, 4.69) is 21.3 Å². The quantitative estimate of drug-likeness (QED) is 0.252. The second-order valence-electron chi connectivity index (χ2n) is 7.70. The fourth-order valence-electron chi connectivity index (χ4n) is 3.92. The van der Waals surface area contributed by atoms with Gasteiger partial charge in [-0.15, -0.1) is 0 Å². The van der Waals surface area contributed by atoms with Crippen molar-refractivity contribution in [2.45, 2.75) is 18.9 Å². The Kier molecular flexibility index (Phi) is 6.35. The minimum absolute atomic E-state index is 0.0466. The number of carbonyl (C=O) groups is 6. The van der Waals surface area contributed by atoms with Crippen LogP contribution in [0.5, 0.6) is 0 Å². The molecule has 0 aromatic heterocycles. The van der Waals surface area contributed by atoms with Crippen LogP contribution >= 0.6 is 0 Å². The lowest BCUT2D eigenvalue weighted by Gasteiger charge is -2.27. The zero-order valence-electron chi connectivity index (χ0n) is 17.9. The molecule has 1 atom stereocenters. The van der Waals surface area contributed by atoms with E-state index in [1.54, 1.807) is 36.4 Å². The summed E-state index contributed by atoms with van der Waals surface area (Å²) in [4.78, 5) is 73.2. The van der Waals surface area contributed by atoms with Gasteiger partial charge < -0.3 is 16.0 Å². The molecule has 4 rings (SSSR count). The molecule has 0 saturated carbocycles. The van der Waals surface area contributed by atoms with E-state index < -0.39 is 29.7 Å². The van der Waals surface area contributed by atoms with E-state index in [4.69, 9.17) is 0 Å². The Labute approximate surface area is 193 Å². The Morgan fingerprint density at radius 1 is 1.03 bits per heavy atom. The third-order valence-corrected chi connectivity index (χ3v) is 5.57. The van der Waals surface area contributed by atoms with Gasteiger partial charge in [0.25, 0.3) is 17.7 Å². The zero-order chi connectivity index (χ0) is 24.2. The summed E-state index contributed by atoms with van der Waals surface area (Å²) >= 11 is 0. The predicted octanol–water partition coefficient (Wildman–Crippen LogP) is 0.498. The fourth-order valence-corrected chi connectivity index (χ4v) is 3.92. The van der Waals surface area contributed by atoms with E-state index in [1.807, 2.05) is 0 Å². The third kappa shape index (κ3) is 4.35. The molecule has 0 spiro atoms. The number of anilines is 2. The first-order valence-electron chi connectivity index (χ1n) is 10.6. The van der Waals surface area contributed by atoms with Gasteiger partial charge in [0, 0.05) is 36.4 Å². The Morgan fingerprint density at radius 2 is 1.79 bits per heavy atom. The van der Waals surface area contributed by atoms with Crippen LogP contribution in [0.4, 0.5) is 11.4 Å². The third-order valence-electron chi connectivity index (χ3n) is 5.57. The molecule has 174 valence electrons. The summed E-state index contributed by atoms with van der Waals surface area (Å²) in [6.45, 7) is 0.503. The van der Waals surface area contributed by atoms with Crippen LogP contribution in [0.25, 0.3) is 0 Å². The van der Waals surface area contributed by atoms with Crippen molar-refractivity contribution >= 4 is 47.3 Å². The number of rotatable bonds is 8. The molecule has 2 aliphatic rings. The lowest BCUT2D eigenvalue weighted by atomic mass is 10.0. The number of nitrogens with zero attached hydrogens (tertiary/aromatic N) is 1.